The third-order valence-corrected chi connectivity index (χ3v) is 2.69. The maximum Gasteiger partial charge on any atom is 0.272 e. The van der Waals surface area contributed by atoms with Crippen molar-refractivity contribution in [2.24, 2.45) is 0 Å². The van der Waals surface area contributed by atoms with E-state index in [0.717, 1.165) is 0 Å². The van der Waals surface area contributed by atoms with E-state index in [0.29, 0.717) is 36.8 Å². The third-order valence-electron chi connectivity index (χ3n) is 2.69. The SMILES string of the molecule is CCNc1cnc(C(C)C)nc1C(=O)NCCNC(C)=O. The van der Waals surface area contributed by atoms with E-state index in [4.69, 9.17) is 0 Å². The molecule has 1 heterocycles. The van der Waals surface area contributed by atoms with Crippen molar-refractivity contribution in [3.63, 3.8) is 0 Å². The Labute approximate surface area is 124 Å². The van der Waals surface area contributed by atoms with Crippen LogP contribution in [0.1, 0.15) is 49.9 Å². The van der Waals surface area contributed by atoms with Gasteiger partial charge in [0.05, 0.1) is 11.9 Å². The molecule has 7 nitrogen and oxygen atoms in total. The molecule has 0 radical (unpaired) electrons. The Morgan fingerprint density at radius 1 is 1.24 bits per heavy atom. The van der Waals surface area contributed by atoms with Crippen LogP contribution in [0.4, 0.5) is 5.69 Å². The number of anilines is 1. The molecular weight excluding hydrogens is 270 g/mol. The Kier molecular flexibility index (Phi) is 6.58. The first kappa shape index (κ1) is 16.9. The van der Waals surface area contributed by atoms with Gasteiger partial charge in [-0.15, -0.1) is 0 Å². The number of carbonyl (C=O) groups excluding carboxylic acids is 2. The lowest BCUT2D eigenvalue weighted by Gasteiger charge is -2.12. The smallest absolute Gasteiger partial charge is 0.272 e. The van der Waals surface area contributed by atoms with E-state index < -0.39 is 0 Å². The van der Waals surface area contributed by atoms with E-state index in [9.17, 15) is 9.59 Å². The van der Waals surface area contributed by atoms with Crippen molar-refractivity contribution in [1.82, 2.24) is 20.6 Å². The van der Waals surface area contributed by atoms with Crippen LogP contribution < -0.4 is 16.0 Å². The monoisotopic (exact) mass is 293 g/mol. The molecule has 1 aromatic rings. The molecule has 1 aromatic heterocycles. The van der Waals surface area contributed by atoms with Crippen LogP contribution in [0, 0.1) is 0 Å². The van der Waals surface area contributed by atoms with Crippen molar-refractivity contribution >= 4 is 17.5 Å². The lowest BCUT2D eigenvalue weighted by atomic mass is 10.2. The minimum absolute atomic E-state index is 0.123. The third kappa shape index (κ3) is 5.37. The second-order valence-electron chi connectivity index (χ2n) is 4.91. The van der Waals surface area contributed by atoms with Crippen LogP contribution >= 0.6 is 0 Å². The van der Waals surface area contributed by atoms with Gasteiger partial charge in [-0.1, -0.05) is 13.8 Å². The lowest BCUT2D eigenvalue weighted by Crippen LogP contribution is -2.34. The zero-order valence-corrected chi connectivity index (χ0v) is 13.0. The summed E-state index contributed by atoms with van der Waals surface area (Å²) in [7, 11) is 0. The molecule has 0 unspecified atom stereocenters. The highest BCUT2D eigenvalue weighted by atomic mass is 16.2. The van der Waals surface area contributed by atoms with Crippen LogP contribution in [0.25, 0.3) is 0 Å². The lowest BCUT2D eigenvalue weighted by molar-refractivity contribution is -0.118. The molecule has 0 saturated carbocycles. The van der Waals surface area contributed by atoms with Gasteiger partial charge in [-0.2, -0.15) is 0 Å². The van der Waals surface area contributed by atoms with Gasteiger partial charge in [0.15, 0.2) is 5.69 Å². The Morgan fingerprint density at radius 3 is 2.48 bits per heavy atom. The number of amides is 2. The molecule has 0 aromatic carbocycles. The Hall–Kier alpha value is -2.18. The Balaban J connectivity index is 2.79. The molecule has 0 fully saturated rings. The van der Waals surface area contributed by atoms with Crippen molar-refractivity contribution in [3.8, 4) is 0 Å². The first-order valence-electron chi connectivity index (χ1n) is 7.09. The molecule has 0 aliphatic rings. The van der Waals surface area contributed by atoms with Crippen LogP contribution in [0.5, 0.6) is 0 Å². The maximum absolute atomic E-state index is 12.2. The van der Waals surface area contributed by atoms with E-state index in [1.807, 2.05) is 20.8 Å². The highest BCUT2D eigenvalue weighted by molar-refractivity contribution is 5.97. The van der Waals surface area contributed by atoms with Gasteiger partial charge in [0.25, 0.3) is 5.91 Å². The van der Waals surface area contributed by atoms with E-state index in [1.165, 1.54) is 6.92 Å². The minimum Gasteiger partial charge on any atom is -0.382 e. The summed E-state index contributed by atoms with van der Waals surface area (Å²) in [5, 5.41) is 8.43. The van der Waals surface area contributed by atoms with Crippen molar-refractivity contribution < 1.29 is 9.59 Å². The van der Waals surface area contributed by atoms with Crippen LogP contribution in [0.2, 0.25) is 0 Å². The molecule has 1 rings (SSSR count). The summed E-state index contributed by atoms with van der Waals surface area (Å²) in [5.74, 6) is 0.373. The number of aromatic nitrogens is 2. The normalized spacial score (nSPS) is 10.3. The number of nitrogens with zero attached hydrogens (tertiary/aromatic N) is 2. The van der Waals surface area contributed by atoms with Crippen molar-refractivity contribution in [3.05, 3.63) is 17.7 Å². The van der Waals surface area contributed by atoms with E-state index in [-0.39, 0.29) is 17.7 Å². The average Bonchev–Trinajstić information content (AvgIpc) is 2.43. The zero-order valence-electron chi connectivity index (χ0n) is 13.0. The molecule has 0 saturated heterocycles. The molecule has 0 bridgehead atoms. The van der Waals surface area contributed by atoms with Gasteiger partial charge >= 0.3 is 0 Å². The fraction of sp³-hybridized carbons (Fsp3) is 0.571. The summed E-state index contributed by atoms with van der Waals surface area (Å²) in [6, 6.07) is 0. The second-order valence-corrected chi connectivity index (χ2v) is 4.91. The Morgan fingerprint density at radius 2 is 1.90 bits per heavy atom. The molecule has 2 amide bonds. The summed E-state index contributed by atoms with van der Waals surface area (Å²) in [5.41, 5.74) is 0.942. The standard InChI is InChI=1S/C14H23N5O2/c1-5-15-11-8-18-13(9(2)3)19-12(11)14(21)17-7-6-16-10(4)20/h8-9,15H,5-7H2,1-4H3,(H,16,20)(H,17,21). The maximum atomic E-state index is 12.2. The van der Waals surface area contributed by atoms with Gasteiger partial charge in [0, 0.05) is 32.5 Å². The van der Waals surface area contributed by atoms with Gasteiger partial charge < -0.3 is 16.0 Å². The topological polar surface area (TPSA) is 96.0 Å². The zero-order chi connectivity index (χ0) is 15.8. The van der Waals surface area contributed by atoms with Crippen LogP contribution in [-0.4, -0.2) is 41.4 Å². The van der Waals surface area contributed by atoms with Gasteiger partial charge in [0.1, 0.15) is 5.82 Å². The summed E-state index contributed by atoms with van der Waals surface area (Å²) in [6.45, 7) is 8.74. The first-order chi connectivity index (χ1) is 9.95. The first-order valence-corrected chi connectivity index (χ1v) is 7.09. The number of hydrogen-bond acceptors (Lipinski definition) is 5. The fourth-order valence-corrected chi connectivity index (χ4v) is 1.66. The van der Waals surface area contributed by atoms with Crippen molar-refractivity contribution in [2.45, 2.75) is 33.6 Å². The second kappa shape index (κ2) is 8.18. The van der Waals surface area contributed by atoms with Crippen LogP contribution in [0.3, 0.4) is 0 Å². The fourth-order valence-electron chi connectivity index (χ4n) is 1.66. The van der Waals surface area contributed by atoms with E-state index in [2.05, 4.69) is 25.9 Å². The summed E-state index contributed by atoms with van der Waals surface area (Å²) >= 11 is 0. The largest absolute Gasteiger partial charge is 0.382 e. The van der Waals surface area contributed by atoms with Crippen molar-refractivity contribution in [2.75, 3.05) is 25.0 Å². The predicted molar refractivity (Wildman–Crippen MR) is 81.3 cm³/mol. The molecule has 21 heavy (non-hydrogen) atoms. The molecule has 0 aliphatic heterocycles. The number of hydrogen-bond donors (Lipinski definition) is 3. The van der Waals surface area contributed by atoms with Gasteiger partial charge in [-0.3, -0.25) is 9.59 Å². The van der Waals surface area contributed by atoms with Gasteiger partial charge in [-0.05, 0) is 6.92 Å². The average molecular weight is 293 g/mol. The summed E-state index contributed by atoms with van der Waals surface area (Å²) in [6.07, 6.45) is 1.63. The summed E-state index contributed by atoms with van der Waals surface area (Å²) < 4.78 is 0. The van der Waals surface area contributed by atoms with E-state index in [1.54, 1.807) is 6.20 Å². The minimum atomic E-state index is -0.277. The van der Waals surface area contributed by atoms with E-state index >= 15 is 0 Å². The molecule has 0 atom stereocenters. The number of rotatable bonds is 7. The molecule has 116 valence electrons. The Bertz CT molecular complexity index is 502. The summed E-state index contributed by atoms with van der Waals surface area (Å²) in [4.78, 5) is 31.5. The van der Waals surface area contributed by atoms with Gasteiger partial charge in [-0.25, -0.2) is 9.97 Å². The predicted octanol–water partition coefficient (Wildman–Crippen LogP) is 0.898. The quantitative estimate of drug-likeness (QED) is 0.649. The highest BCUT2D eigenvalue weighted by Gasteiger charge is 2.15. The molecule has 3 N–H and O–H groups in total. The molecular formula is C14H23N5O2. The molecule has 7 heteroatoms. The van der Waals surface area contributed by atoms with Crippen LogP contribution in [-0.2, 0) is 4.79 Å². The van der Waals surface area contributed by atoms with Gasteiger partial charge in [0.2, 0.25) is 5.91 Å². The van der Waals surface area contributed by atoms with Crippen LogP contribution in [0.15, 0.2) is 6.20 Å². The highest BCUT2D eigenvalue weighted by Crippen LogP contribution is 2.16. The van der Waals surface area contributed by atoms with Crippen molar-refractivity contribution in [1.29, 1.82) is 0 Å². The number of carbonyl (C=O) groups is 2. The molecule has 0 aliphatic carbocycles. The molecule has 0 spiro atoms. The number of nitrogens with one attached hydrogen (secondary N) is 3.